The summed E-state index contributed by atoms with van der Waals surface area (Å²) in [5.74, 6) is 1.40. The van der Waals surface area contributed by atoms with E-state index in [1.807, 2.05) is 0 Å². The Labute approximate surface area is 176 Å². The molecule has 0 aliphatic carbocycles. The molecule has 3 aromatic rings. The van der Waals surface area contributed by atoms with Crippen molar-refractivity contribution in [2.24, 2.45) is 0 Å². The van der Waals surface area contributed by atoms with E-state index in [2.05, 4.69) is 10.1 Å². The van der Waals surface area contributed by atoms with Crippen LogP contribution in [0.5, 0.6) is 11.5 Å². The molecule has 1 heterocycles. The fourth-order valence-corrected chi connectivity index (χ4v) is 2.69. The van der Waals surface area contributed by atoms with Gasteiger partial charge in [-0.1, -0.05) is 11.2 Å². The number of hydrogen-bond donors (Lipinski definition) is 0. The first-order chi connectivity index (χ1) is 14.8. The third-order valence-corrected chi connectivity index (χ3v) is 4.39. The van der Waals surface area contributed by atoms with Crippen LogP contribution in [0.3, 0.4) is 0 Å². The molecular weight excluding hydrogens is 415 g/mol. The van der Waals surface area contributed by atoms with Crippen LogP contribution in [0, 0.1) is 0 Å². The average Bonchev–Trinajstić information content (AvgIpc) is 3.23. The van der Waals surface area contributed by atoms with Crippen LogP contribution in [-0.2, 0) is 19.2 Å². The number of benzene rings is 2. The number of aromatic nitrogens is 2. The van der Waals surface area contributed by atoms with Gasteiger partial charge in [0.2, 0.25) is 0 Å². The molecule has 31 heavy (non-hydrogen) atoms. The summed E-state index contributed by atoms with van der Waals surface area (Å²) in [5, 5.41) is 3.83. The van der Waals surface area contributed by atoms with E-state index in [0.717, 1.165) is 12.1 Å². The lowest BCUT2D eigenvalue weighted by Crippen LogP contribution is -2.29. The highest BCUT2D eigenvalue weighted by Gasteiger charge is 2.31. The van der Waals surface area contributed by atoms with Gasteiger partial charge in [0.15, 0.2) is 12.4 Å². The zero-order chi connectivity index (χ0) is 22.4. The Morgan fingerprint density at radius 3 is 2.52 bits per heavy atom. The summed E-state index contributed by atoms with van der Waals surface area (Å²) < 4.78 is 54.3. The predicted octanol–water partition coefficient (Wildman–Crippen LogP) is 3.99. The number of likely N-dealkylation sites (N-methyl/N-ethyl adjacent to an activating group) is 1. The number of rotatable bonds is 8. The molecule has 1 aromatic heterocycles. The van der Waals surface area contributed by atoms with Crippen LogP contribution in [0.4, 0.5) is 13.2 Å². The summed E-state index contributed by atoms with van der Waals surface area (Å²) in [6, 6.07) is 11.3. The SMILES string of the molecule is COc1ccc(OCc2nc(CCN(C)C(=O)c3cccc(C(F)(F)F)c3)no2)cc1. The van der Waals surface area contributed by atoms with Crippen molar-refractivity contribution in [3.8, 4) is 11.5 Å². The Hall–Kier alpha value is -3.56. The van der Waals surface area contributed by atoms with Gasteiger partial charge in [-0.3, -0.25) is 4.79 Å². The van der Waals surface area contributed by atoms with E-state index in [0.29, 0.717) is 17.3 Å². The van der Waals surface area contributed by atoms with Crippen LogP contribution in [-0.4, -0.2) is 41.6 Å². The van der Waals surface area contributed by atoms with Crippen LogP contribution < -0.4 is 9.47 Å². The lowest BCUT2D eigenvalue weighted by Gasteiger charge is -2.17. The van der Waals surface area contributed by atoms with Crippen LogP contribution in [0.2, 0.25) is 0 Å². The van der Waals surface area contributed by atoms with Gasteiger partial charge in [-0.15, -0.1) is 0 Å². The largest absolute Gasteiger partial charge is 0.497 e. The fourth-order valence-electron chi connectivity index (χ4n) is 2.69. The number of amides is 1. The van der Waals surface area contributed by atoms with Gasteiger partial charge in [0, 0.05) is 25.6 Å². The van der Waals surface area contributed by atoms with E-state index in [4.69, 9.17) is 14.0 Å². The van der Waals surface area contributed by atoms with Crippen LogP contribution >= 0.6 is 0 Å². The van der Waals surface area contributed by atoms with Crippen molar-refractivity contribution in [3.05, 3.63) is 71.4 Å². The molecule has 0 fully saturated rings. The molecule has 0 N–H and O–H groups in total. The van der Waals surface area contributed by atoms with E-state index in [9.17, 15) is 18.0 Å². The van der Waals surface area contributed by atoms with E-state index in [1.165, 1.54) is 24.1 Å². The molecule has 0 saturated carbocycles. The van der Waals surface area contributed by atoms with E-state index in [1.54, 1.807) is 31.4 Å². The third-order valence-electron chi connectivity index (χ3n) is 4.39. The topological polar surface area (TPSA) is 77.7 Å². The molecule has 0 aliphatic heterocycles. The summed E-state index contributed by atoms with van der Waals surface area (Å²) in [7, 11) is 3.07. The number of carbonyl (C=O) groups excluding carboxylic acids is 1. The summed E-state index contributed by atoms with van der Waals surface area (Å²) in [6.07, 6.45) is -4.24. The van der Waals surface area contributed by atoms with Gasteiger partial charge < -0.3 is 18.9 Å². The quantitative estimate of drug-likeness (QED) is 0.533. The van der Waals surface area contributed by atoms with Crippen LogP contribution in [0.15, 0.2) is 53.1 Å². The molecule has 1 amide bonds. The Morgan fingerprint density at radius 1 is 1.13 bits per heavy atom. The Kier molecular flexibility index (Phi) is 6.78. The first-order valence-corrected chi connectivity index (χ1v) is 9.27. The number of halogens is 3. The van der Waals surface area contributed by atoms with Crippen LogP contribution in [0.1, 0.15) is 27.6 Å². The van der Waals surface area contributed by atoms with Gasteiger partial charge in [-0.05, 0) is 42.5 Å². The smallest absolute Gasteiger partial charge is 0.416 e. The highest BCUT2D eigenvalue weighted by molar-refractivity contribution is 5.94. The molecule has 0 radical (unpaired) electrons. The molecule has 10 heteroatoms. The standard InChI is InChI=1S/C21H20F3N3O4/c1-27(20(28)14-4-3-5-15(12-14)21(22,23)24)11-10-18-25-19(31-26-18)13-30-17-8-6-16(29-2)7-9-17/h3-9,12H,10-11,13H2,1-2H3. The highest BCUT2D eigenvalue weighted by Crippen LogP contribution is 2.29. The second-order valence-corrected chi connectivity index (χ2v) is 6.62. The van der Waals surface area contributed by atoms with Crippen molar-refractivity contribution >= 4 is 5.91 Å². The summed E-state index contributed by atoms with van der Waals surface area (Å²) in [5.41, 5.74) is -0.912. The van der Waals surface area contributed by atoms with Crippen LogP contribution in [0.25, 0.3) is 0 Å². The van der Waals surface area contributed by atoms with E-state index in [-0.39, 0.29) is 31.0 Å². The molecule has 0 aliphatic rings. The summed E-state index contributed by atoms with van der Waals surface area (Å²) in [4.78, 5) is 17.9. The number of methoxy groups -OCH3 is 1. The first kappa shape index (κ1) is 22.1. The Balaban J connectivity index is 1.52. The highest BCUT2D eigenvalue weighted by atomic mass is 19.4. The Bertz CT molecular complexity index is 1020. The lowest BCUT2D eigenvalue weighted by molar-refractivity contribution is -0.137. The molecule has 7 nitrogen and oxygen atoms in total. The number of nitrogens with zero attached hydrogens (tertiary/aromatic N) is 3. The number of carbonyl (C=O) groups is 1. The average molecular weight is 435 g/mol. The maximum absolute atomic E-state index is 12.8. The van der Waals surface area contributed by atoms with Crippen molar-refractivity contribution in [3.63, 3.8) is 0 Å². The molecule has 0 atom stereocenters. The third kappa shape index (κ3) is 5.97. The van der Waals surface area contributed by atoms with Gasteiger partial charge >= 0.3 is 6.18 Å². The van der Waals surface area contributed by atoms with Gasteiger partial charge in [0.05, 0.1) is 12.7 Å². The predicted molar refractivity (Wildman–Crippen MR) is 104 cm³/mol. The summed E-state index contributed by atoms with van der Waals surface area (Å²) >= 11 is 0. The Morgan fingerprint density at radius 2 is 1.84 bits per heavy atom. The van der Waals surface area contributed by atoms with Crippen molar-refractivity contribution in [1.82, 2.24) is 15.0 Å². The minimum absolute atomic E-state index is 0.0426. The normalized spacial score (nSPS) is 11.3. The monoisotopic (exact) mass is 435 g/mol. The lowest BCUT2D eigenvalue weighted by atomic mass is 10.1. The molecular formula is C21H20F3N3O4. The van der Waals surface area contributed by atoms with Crippen molar-refractivity contribution < 1.29 is 32.0 Å². The number of ether oxygens (including phenoxy) is 2. The molecule has 164 valence electrons. The molecule has 0 unspecified atom stereocenters. The van der Waals surface area contributed by atoms with E-state index < -0.39 is 17.6 Å². The van der Waals surface area contributed by atoms with Crippen molar-refractivity contribution in [2.75, 3.05) is 20.7 Å². The minimum Gasteiger partial charge on any atom is -0.497 e. The van der Waals surface area contributed by atoms with Gasteiger partial charge in [0.25, 0.3) is 11.8 Å². The van der Waals surface area contributed by atoms with Crippen molar-refractivity contribution in [2.45, 2.75) is 19.2 Å². The van der Waals surface area contributed by atoms with Gasteiger partial charge in [0.1, 0.15) is 11.5 Å². The first-order valence-electron chi connectivity index (χ1n) is 9.27. The molecule has 0 bridgehead atoms. The molecule has 0 saturated heterocycles. The maximum Gasteiger partial charge on any atom is 0.416 e. The fraction of sp³-hybridized carbons (Fsp3) is 0.286. The molecule has 2 aromatic carbocycles. The second-order valence-electron chi connectivity index (χ2n) is 6.62. The van der Waals surface area contributed by atoms with Gasteiger partial charge in [-0.25, -0.2) is 0 Å². The zero-order valence-corrected chi connectivity index (χ0v) is 16.8. The van der Waals surface area contributed by atoms with E-state index >= 15 is 0 Å². The zero-order valence-electron chi connectivity index (χ0n) is 16.8. The second kappa shape index (κ2) is 9.50. The number of hydrogen-bond acceptors (Lipinski definition) is 6. The summed E-state index contributed by atoms with van der Waals surface area (Å²) in [6.45, 7) is 0.270. The molecule has 0 spiro atoms. The molecule has 3 rings (SSSR count). The maximum atomic E-state index is 12.8. The minimum atomic E-state index is -4.51. The number of alkyl halides is 3. The van der Waals surface area contributed by atoms with Gasteiger partial charge in [-0.2, -0.15) is 18.2 Å². The van der Waals surface area contributed by atoms with Crippen molar-refractivity contribution in [1.29, 1.82) is 0 Å².